The fourth-order valence-electron chi connectivity index (χ4n) is 3.15. The van der Waals surface area contributed by atoms with Crippen molar-refractivity contribution in [1.82, 2.24) is 0 Å². The molecule has 11 heteroatoms. The molecule has 0 saturated carbocycles. The van der Waals surface area contributed by atoms with Gasteiger partial charge in [0.25, 0.3) is 5.69 Å². The van der Waals surface area contributed by atoms with Crippen LogP contribution in [0.1, 0.15) is 37.8 Å². The maximum Gasteiger partial charge on any atom is 0.344 e. The molecule has 1 aliphatic heterocycles. The highest BCUT2D eigenvalue weighted by atomic mass is 79.9. The molecule has 188 valence electrons. The second-order valence-corrected chi connectivity index (χ2v) is 9.46. The van der Waals surface area contributed by atoms with Crippen molar-refractivity contribution in [2.75, 3.05) is 6.61 Å². The summed E-state index contributed by atoms with van der Waals surface area (Å²) in [5.41, 5.74) is 1.15. The highest BCUT2D eigenvalue weighted by Crippen LogP contribution is 2.40. The van der Waals surface area contributed by atoms with E-state index in [1.165, 1.54) is 12.1 Å². The highest BCUT2D eigenvalue weighted by molar-refractivity contribution is 9.10. The zero-order chi connectivity index (χ0) is 26.2. The summed E-state index contributed by atoms with van der Waals surface area (Å²) >= 11 is 4.42. The average Bonchev–Trinajstić information content (AvgIpc) is 3.13. The number of nitrogens with zero attached hydrogens (tertiary/aromatic N) is 2. The summed E-state index contributed by atoms with van der Waals surface area (Å²) in [6.45, 7) is 3.73. The van der Waals surface area contributed by atoms with Crippen molar-refractivity contribution in [2.45, 2.75) is 33.3 Å². The lowest BCUT2D eigenvalue weighted by molar-refractivity contribution is -0.384. The van der Waals surface area contributed by atoms with Crippen LogP contribution in [0.15, 0.2) is 68.2 Å². The predicted molar refractivity (Wildman–Crippen MR) is 141 cm³/mol. The van der Waals surface area contributed by atoms with Gasteiger partial charge in [-0.3, -0.25) is 14.9 Å². The number of halogens is 1. The Morgan fingerprint density at radius 1 is 1.19 bits per heavy atom. The summed E-state index contributed by atoms with van der Waals surface area (Å²) in [7, 11) is 0. The number of hydrogen-bond acceptors (Lipinski definition) is 8. The Hall–Kier alpha value is -3.44. The van der Waals surface area contributed by atoms with Crippen LogP contribution in [-0.4, -0.2) is 33.6 Å². The van der Waals surface area contributed by atoms with E-state index >= 15 is 0 Å². The van der Waals surface area contributed by atoms with E-state index in [1.807, 2.05) is 6.92 Å². The number of esters is 1. The van der Waals surface area contributed by atoms with E-state index in [0.717, 1.165) is 21.8 Å². The molecule has 0 aliphatic carbocycles. The van der Waals surface area contributed by atoms with Gasteiger partial charge >= 0.3 is 5.97 Å². The maximum atomic E-state index is 12.5. The second kappa shape index (κ2) is 12.5. The van der Waals surface area contributed by atoms with Crippen molar-refractivity contribution >= 4 is 56.4 Å². The van der Waals surface area contributed by atoms with Gasteiger partial charge in [0.15, 0.2) is 0 Å². The number of hydrogen-bond donors (Lipinski definition) is 1. The first kappa shape index (κ1) is 27.2. The smallest absolute Gasteiger partial charge is 0.344 e. The van der Waals surface area contributed by atoms with Crippen LogP contribution in [0.3, 0.4) is 0 Å². The summed E-state index contributed by atoms with van der Waals surface area (Å²) in [6.07, 6.45) is 2.44. The van der Waals surface area contributed by atoms with Gasteiger partial charge in [-0.15, -0.1) is 0 Å². The predicted octanol–water partition coefficient (Wildman–Crippen LogP) is 6.12. The number of rotatable bonds is 9. The molecule has 1 N–H and O–H groups in total. The number of aliphatic imine (C=N–C) groups is 1. The van der Waals surface area contributed by atoms with Crippen LogP contribution in [0.4, 0.5) is 5.69 Å². The van der Waals surface area contributed by atoms with Crippen LogP contribution in [0.5, 0.6) is 5.75 Å². The van der Waals surface area contributed by atoms with Gasteiger partial charge in [0, 0.05) is 28.6 Å². The number of non-ortho nitro benzene ring substituents is 1. The van der Waals surface area contributed by atoms with Crippen molar-refractivity contribution in [3.05, 3.63) is 84.4 Å². The van der Waals surface area contributed by atoms with Crippen molar-refractivity contribution < 1.29 is 29.1 Å². The van der Waals surface area contributed by atoms with Crippen molar-refractivity contribution in [3.63, 3.8) is 0 Å². The number of carbonyl (C=O) groups excluding carboxylic acids is 2. The van der Waals surface area contributed by atoms with Crippen LogP contribution in [0.25, 0.3) is 6.08 Å². The van der Waals surface area contributed by atoms with Crippen LogP contribution >= 0.6 is 27.7 Å². The monoisotopic (exact) mass is 574 g/mol. The van der Waals surface area contributed by atoms with Gasteiger partial charge in [0.1, 0.15) is 28.7 Å². The standard InChI is InChI=1S/C25H23BrN2O7S/c1-3-5-21(29)27-24-22(25(31)34-4-2)23(30)20(36-24)13-16-12-17(26)8-11-19(16)35-14-15-6-9-18(10-7-15)28(32)33/h6-13,30H,3-5,14H2,1-2H3/b20-13-,27-24?. The fourth-order valence-corrected chi connectivity index (χ4v) is 4.56. The van der Waals surface area contributed by atoms with Crippen LogP contribution in [0, 0.1) is 10.1 Å². The number of carbonyl (C=O) groups is 2. The Kier molecular flexibility index (Phi) is 9.43. The zero-order valence-corrected chi connectivity index (χ0v) is 21.9. The largest absolute Gasteiger partial charge is 0.506 e. The molecule has 3 rings (SSSR count). The van der Waals surface area contributed by atoms with Gasteiger partial charge in [-0.25, -0.2) is 9.79 Å². The van der Waals surface area contributed by atoms with E-state index in [4.69, 9.17) is 9.47 Å². The van der Waals surface area contributed by atoms with E-state index in [2.05, 4.69) is 20.9 Å². The molecular weight excluding hydrogens is 552 g/mol. The number of thioether (sulfide) groups is 1. The second-order valence-electron chi connectivity index (χ2n) is 7.51. The number of nitro benzene ring substituents is 1. The van der Waals surface area contributed by atoms with E-state index in [1.54, 1.807) is 43.3 Å². The van der Waals surface area contributed by atoms with Crippen molar-refractivity contribution in [3.8, 4) is 5.75 Å². The summed E-state index contributed by atoms with van der Waals surface area (Å²) in [5.74, 6) is -1.02. The number of ether oxygens (including phenoxy) is 2. The number of amides is 1. The summed E-state index contributed by atoms with van der Waals surface area (Å²) < 4.78 is 11.7. The lowest BCUT2D eigenvalue weighted by Crippen LogP contribution is -2.14. The minimum Gasteiger partial charge on any atom is -0.506 e. The Morgan fingerprint density at radius 2 is 1.92 bits per heavy atom. The van der Waals surface area contributed by atoms with Gasteiger partial charge in [0.05, 0.1) is 16.4 Å². The van der Waals surface area contributed by atoms with Gasteiger partial charge < -0.3 is 14.6 Å². The molecule has 0 fully saturated rings. The van der Waals surface area contributed by atoms with Gasteiger partial charge in [-0.1, -0.05) is 34.6 Å². The minimum atomic E-state index is -0.766. The minimum absolute atomic E-state index is 0.0133. The van der Waals surface area contributed by atoms with E-state index in [0.29, 0.717) is 22.6 Å². The first-order valence-corrected chi connectivity index (χ1v) is 12.6. The Morgan fingerprint density at radius 3 is 2.56 bits per heavy atom. The Labute approximate surface area is 220 Å². The molecule has 2 aromatic carbocycles. The SMILES string of the molecule is CCCC(=O)N=C1S/C(=C\c2cc(Br)ccc2OCc2ccc([N+](=O)[O-])cc2)C(O)=C1C(=O)OCC. The number of benzene rings is 2. The number of aliphatic hydroxyl groups is 1. The fraction of sp³-hybridized carbons (Fsp3) is 0.240. The molecule has 1 heterocycles. The van der Waals surface area contributed by atoms with Gasteiger partial charge in [0.2, 0.25) is 5.91 Å². The summed E-state index contributed by atoms with van der Waals surface area (Å²) in [6, 6.07) is 11.3. The van der Waals surface area contributed by atoms with Gasteiger partial charge in [-0.05, 0) is 55.3 Å². The molecule has 0 radical (unpaired) electrons. The lowest BCUT2D eigenvalue weighted by Gasteiger charge is -2.11. The van der Waals surface area contributed by atoms with Gasteiger partial charge in [-0.2, -0.15) is 0 Å². The Bertz CT molecular complexity index is 1270. The molecule has 0 saturated heterocycles. The molecule has 0 spiro atoms. The van der Waals surface area contributed by atoms with E-state index in [9.17, 15) is 24.8 Å². The summed E-state index contributed by atoms with van der Waals surface area (Å²) in [4.78, 5) is 39.3. The molecule has 1 amide bonds. The quantitative estimate of drug-likeness (QED) is 0.215. The maximum absolute atomic E-state index is 12.5. The number of aliphatic hydroxyl groups excluding tert-OH is 1. The van der Waals surface area contributed by atoms with Crippen molar-refractivity contribution in [2.24, 2.45) is 4.99 Å². The molecule has 1 aliphatic rings. The normalized spacial score (nSPS) is 15.4. The molecule has 0 bridgehead atoms. The third kappa shape index (κ3) is 6.82. The van der Waals surface area contributed by atoms with E-state index in [-0.39, 0.29) is 41.7 Å². The molecule has 0 unspecified atom stereocenters. The molecular formula is C25H23BrN2O7S. The summed E-state index contributed by atoms with van der Waals surface area (Å²) in [5, 5.41) is 21.8. The average molecular weight is 575 g/mol. The zero-order valence-electron chi connectivity index (χ0n) is 19.5. The van der Waals surface area contributed by atoms with Crippen LogP contribution in [0.2, 0.25) is 0 Å². The van der Waals surface area contributed by atoms with Crippen LogP contribution in [-0.2, 0) is 20.9 Å². The molecule has 36 heavy (non-hydrogen) atoms. The topological polar surface area (TPSA) is 128 Å². The lowest BCUT2D eigenvalue weighted by atomic mass is 10.1. The Balaban J connectivity index is 1.93. The third-order valence-electron chi connectivity index (χ3n) is 4.86. The molecule has 0 aromatic heterocycles. The first-order valence-electron chi connectivity index (χ1n) is 11.0. The molecule has 9 nitrogen and oxygen atoms in total. The molecule has 2 aromatic rings. The first-order chi connectivity index (χ1) is 17.2. The third-order valence-corrected chi connectivity index (χ3v) is 6.37. The van der Waals surface area contributed by atoms with E-state index < -0.39 is 16.8 Å². The molecule has 0 atom stereocenters. The number of nitro groups is 1. The van der Waals surface area contributed by atoms with Crippen LogP contribution < -0.4 is 4.74 Å². The van der Waals surface area contributed by atoms with Crippen molar-refractivity contribution in [1.29, 1.82) is 0 Å². The highest BCUT2D eigenvalue weighted by Gasteiger charge is 2.34.